The van der Waals surface area contributed by atoms with Crippen LogP contribution in [-0.4, -0.2) is 4.87 Å². The lowest BCUT2D eigenvalue weighted by atomic mass is 10.0. The zero-order valence-electron chi connectivity index (χ0n) is 6.66. The second-order valence-corrected chi connectivity index (χ2v) is 4.05. The molecule has 0 unspecified atom stereocenters. The summed E-state index contributed by atoms with van der Waals surface area (Å²) in [6.45, 7) is 8.20. The maximum absolute atomic E-state index is 5.97. The van der Waals surface area contributed by atoms with E-state index in [9.17, 15) is 0 Å². The van der Waals surface area contributed by atoms with Crippen LogP contribution in [0.2, 0.25) is 0 Å². The van der Waals surface area contributed by atoms with E-state index in [0.717, 1.165) is 6.42 Å². The van der Waals surface area contributed by atoms with Crippen LogP contribution in [0, 0.1) is 0 Å². The van der Waals surface area contributed by atoms with Gasteiger partial charge >= 0.3 is 0 Å². The fraction of sp³-hybridized carbons (Fsp3) is 0.750. The highest BCUT2D eigenvalue weighted by Crippen LogP contribution is 2.21. The zero-order valence-corrected chi connectivity index (χ0v) is 7.42. The minimum absolute atomic E-state index is 0.0728. The summed E-state index contributed by atoms with van der Waals surface area (Å²) in [4.78, 5) is -0.0728. The fourth-order valence-corrected chi connectivity index (χ4v) is 0.976. The minimum atomic E-state index is -0.0728. The maximum Gasteiger partial charge on any atom is 0.0427 e. The quantitative estimate of drug-likeness (QED) is 0.414. The van der Waals surface area contributed by atoms with Crippen molar-refractivity contribution in [2.45, 2.75) is 39.0 Å². The molecule has 0 bridgehead atoms. The summed E-state index contributed by atoms with van der Waals surface area (Å²) >= 11 is 5.97. The van der Waals surface area contributed by atoms with E-state index < -0.39 is 0 Å². The Bertz CT molecular complexity index is 106. The molecule has 0 N–H and O–H groups in total. The van der Waals surface area contributed by atoms with Gasteiger partial charge < -0.3 is 0 Å². The molecule has 0 spiro atoms. The summed E-state index contributed by atoms with van der Waals surface area (Å²) in [6.07, 6.45) is 3.08. The number of hydrogen-bond acceptors (Lipinski definition) is 0. The molecule has 0 radical (unpaired) electrons. The number of hydrogen-bond donors (Lipinski definition) is 0. The van der Waals surface area contributed by atoms with Gasteiger partial charge in [-0.25, -0.2) is 0 Å². The monoisotopic (exact) mass is 146 g/mol. The van der Waals surface area contributed by atoms with E-state index in [1.54, 1.807) is 0 Å². The molecule has 54 valence electrons. The van der Waals surface area contributed by atoms with Gasteiger partial charge in [-0.05, 0) is 34.1 Å². The Morgan fingerprint density at radius 2 is 2.00 bits per heavy atom. The van der Waals surface area contributed by atoms with Gasteiger partial charge in [0, 0.05) is 4.87 Å². The lowest BCUT2D eigenvalue weighted by molar-refractivity contribution is 0.687. The molecule has 0 aromatic heterocycles. The van der Waals surface area contributed by atoms with Crippen molar-refractivity contribution in [1.82, 2.24) is 0 Å². The van der Waals surface area contributed by atoms with Gasteiger partial charge in [0.1, 0.15) is 0 Å². The number of alkyl halides is 1. The van der Waals surface area contributed by atoms with Crippen LogP contribution in [0.5, 0.6) is 0 Å². The van der Waals surface area contributed by atoms with Crippen molar-refractivity contribution >= 4 is 11.6 Å². The molecule has 1 heteroatoms. The average Bonchev–Trinajstić information content (AvgIpc) is 1.62. The van der Waals surface area contributed by atoms with Crippen molar-refractivity contribution in [2.24, 2.45) is 0 Å². The first kappa shape index (κ1) is 9.03. The van der Waals surface area contributed by atoms with E-state index in [1.807, 2.05) is 20.8 Å². The van der Waals surface area contributed by atoms with Crippen LogP contribution < -0.4 is 0 Å². The molecule has 0 atom stereocenters. The number of halogens is 1. The Morgan fingerprint density at radius 3 is 2.11 bits per heavy atom. The first-order valence-corrected chi connectivity index (χ1v) is 3.64. The van der Waals surface area contributed by atoms with Gasteiger partial charge in [0.25, 0.3) is 0 Å². The van der Waals surface area contributed by atoms with Gasteiger partial charge in [-0.3, -0.25) is 0 Å². The van der Waals surface area contributed by atoms with Crippen LogP contribution in [-0.2, 0) is 0 Å². The van der Waals surface area contributed by atoms with Crippen molar-refractivity contribution in [3.05, 3.63) is 11.6 Å². The fourth-order valence-electron chi connectivity index (χ4n) is 0.765. The van der Waals surface area contributed by atoms with Crippen molar-refractivity contribution in [2.75, 3.05) is 0 Å². The predicted molar refractivity (Wildman–Crippen MR) is 44.0 cm³/mol. The first-order chi connectivity index (χ1) is 3.95. The molecule has 0 rings (SSSR count). The van der Waals surface area contributed by atoms with E-state index in [1.165, 1.54) is 5.57 Å². The average molecular weight is 147 g/mol. The smallest absolute Gasteiger partial charge is 0.0427 e. The lowest BCUT2D eigenvalue weighted by Gasteiger charge is -2.14. The van der Waals surface area contributed by atoms with Gasteiger partial charge in [0.05, 0.1) is 0 Å². The maximum atomic E-state index is 5.97. The highest BCUT2D eigenvalue weighted by atomic mass is 35.5. The zero-order chi connectivity index (χ0) is 7.49. The normalized spacial score (nSPS) is 14.1. The summed E-state index contributed by atoms with van der Waals surface area (Å²) in [5.41, 5.74) is 1.36. The Kier molecular flexibility index (Phi) is 3.27. The second-order valence-electron chi connectivity index (χ2n) is 3.03. The van der Waals surface area contributed by atoms with Crippen molar-refractivity contribution in [3.63, 3.8) is 0 Å². The molecular weight excluding hydrogens is 132 g/mol. The van der Waals surface area contributed by atoms with Gasteiger partial charge in [-0.2, -0.15) is 0 Å². The molecule has 0 heterocycles. The molecule has 9 heavy (non-hydrogen) atoms. The summed E-state index contributed by atoms with van der Waals surface area (Å²) in [5, 5.41) is 0. The van der Waals surface area contributed by atoms with Gasteiger partial charge in [-0.1, -0.05) is 11.6 Å². The number of allylic oxidation sites excluding steroid dienone is 2. The van der Waals surface area contributed by atoms with Gasteiger partial charge in [-0.15, -0.1) is 11.6 Å². The SMILES string of the molecule is CC=C(C)CC(C)(C)Cl. The van der Waals surface area contributed by atoms with E-state index in [0.29, 0.717) is 0 Å². The van der Waals surface area contributed by atoms with Gasteiger partial charge in [0.2, 0.25) is 0 Å². The Hall–Kier alpha value is 0.0300. The van der Waals surface area contributed by atoms with Crippen molar-refractivity contribution < 1.29 is 0 Å². The minimum Gasteiger partial charge on any atom is -0.120 e. The molecule has 0 aliphatic carbocycles. The molecule has 0 amide bonds. The largest absolute Gasteiger partial charge is 0.120 e. The molecular formula is C8H15Cl. The topological polar surface area (TPSA) is 0 Å². The third-order valence-electron chi connectivity index (χ3n) is 1.19. The Labute approximate surface area is 62.9 Å². The number of rotatable bonds is 2. The molecule has 0 aromatic rings. The van der Waals surface area contributed by atoms with Crippen LogP contribution in [0.3, 0.4) is 0 Å². The van der Waals surface area contributed by atoms with E-state index in [2.05, 4.69) is 13.0 Å². The second kappa shape index (κ2) is 3.26. The van der Waals surface area contributed by atoms with E-state index >= 15 is 0 Å². The third-order valence-corrected chi connectivity index (χ3v) is 1.33. The lowest BCUT2D eigenvalue weighted by Crippen LogP contribution is -2.09. The molecule has 0 fully saturated rings. The van der Waals surface area contributed by atoms with Crippen LogP contribution in [0.4, 0.5) is 0 Å². The predicted octanol–water partition coefficient (Wildman–Crippen LogP) is 3.36. The molecule has 0 aromatic carbocycles. The van der Waals surface area contributed by atoms with Crippen LogP contribution in [0.25, 0.3) is 0 Å². The third kappa shape index (κ3) is 5.91. The van der Waals surface area contributed by atoms with Crippen molar-refractivity contribution in [1.29, 1.82) is 0 Å². The van der Waals surface area contributed by atoms with Crippen LogP contribution >= 0.6 is 11.6 Å². The van der Waals surface area contributed by atoms with Gasteiger partial charge in [0.15, 0.2) is 0 Å². The Balaban J connectivity index is 3.75. The molecule has 0 nitrogen and oxygen atoms in total. The summed E-state index contributed by atoms with van der Waals surface area (Å²) in [5.74, 6) is 0. The van der Waals surface area contributed by atoms with Crippen LogP contribution in [0.15, 0.2) is 11.6 Å². The molecule has 0 saturated carbocycles. The molecule has 0 aliphatic heterocycles. The van der Waals surface area contributed by atoms with Crippen molar-refractivity contribution in [3.8, 4) is 0 Å². The summed E-state index contributed by atoms with van der Waals surface area (Å²) in [7, 11) is 0. The van der Waals surface area contributed by atoms with Crippen LogP contribution in [0.1, 0.15) is 34.1 Å². The Morgan fingerprint density at radius 1 is 1.56 bits per heavy atom. The van der Waals surface area contributed by atoms with E-state index in [4.69, 9.17) is 11.6 Å². The summed E-state index contributed by atoms with van der Waals surface area (Å²) in [6, 6.07) is 0. The standard InChI is InChI=1S/C8H15Cl/c1-5-7(2)6-8(3,4)9/h5H,6H2,1-4H3. The highest BCUT2D eigenvalue weighted by molar-refractivity contribution is 6.23. The molecule has 0 saturated heterocycles. The van der Waals surface area contributed by atoms with E-state index in [-0.39, 0.29) is 4.87 Å². The molecule has 0 aliphatic rings. The summed E-state index contributed by atoms with van der Waals surface area (Å²) < 4.78 is 0. The highest BCUT2D eigenvalue weighted by Gasteiger charge is 2.12. The first-order valence-electron chi connectivity index (χ1n) is 3.26.